The maximum absolute atomic E-state index is 15.0. The second-order valence-electron chi connectivity index (χ2n) is 10.7. The summed E-state index contributed by atoms with van der Waals surface area (Å²) in [6, 6.07) is 9.13. The molecule has 1 atom stereocenters. The normalized spacial score (nSPS) is 15.4. The number of anilines is 1. The van der Waals surface area contributed by atoms with Crippen molar-refractivity contribution in [2.75, 3.05) is 24.5 Å². The third-order valence-corrected chi connectivity index (χ3v) is 7.95. The van der Waals surface area contributed by atoms with Gasteiger partial charge in [0.2, 0.25) is 5.91 Å². The van der Waals surface area contributed by atoms with Crippen molar-refractivity contribution in [3.63, 3.8) is 0 Å². The number of hydrogen-bond acceptors (Lipinski definition) is 6. The summed E-state index contributed by atoms with van der Waals surface area (Å²) in [5.41, 5.74) is 2.78. The van der Waals surface area contributed by atoms with Gasteiger partial charge in [0.1, 0.15) is 11.6 Å². The highest BCUT2D eigenvalue weighted by molar-refractivity contribution is 6.34. The molecule has 0 aliphatic carbocycles. The molecule has 0 radical (unpaired) electrons. The molecular formula is C32H32ClFN6O2. The van der Waals surface area contributed by atoms with E-state index in [1.807, 2.05) is 49.9 Å². The van der Waals surface area contributed by atoms with Crippen LogP contribution in [0, 0.1) is 12.7 Å². The molecule has 5 rings (SSSR count). The number of nitrogens with zero attached hydrogens (tertiary/aromatic N) is 6. The molecular weight excluding hydrogens is 557 g/mol. The second-order valence-corrected chi connectivity index (χ2v) is 11.1. The second kappa shape index (κ2) is 11.5. The fourth-order valence-corrected chi connectivity index (χ4v) is 5.75. The van der Waals surface area contributed by atoms with E-state index in [0.717, 1.165) is 11.1 Å². The summed E-state index contributed by atoms with van der Waals surface area (Å²) >= 11 is 6.91. The van der Waals surface area contributed by atoms with Crippen molar-refractivity contribution in [1.29, 1.82) is 0 Å². The summed E-state index contributed by atoms with van der Waals surface area (Å²) in [5.74, 6) is -0.415. The first-order valence-corrected chi connectivity index (χ1v) is 14.1. The van der Waals surface area contributed by atoms with Crippen LogP contribution in [0.15, 0.2) is 60.6 Å². The molecule has 1 saturated heterocycles. The number of pyridine rings is 2. The van der Waals surface area contributed by atoms with Crippen LogP contribution in [0.2, 0.25) is 5.02 Å². The Bertz CT molecular complexity index is 1800. The number of piperazine rings is 1. The number of halogens is 2. The van der Waals surface area contributed by atoms with Crippen molar-refractivity contribution in [3.05, 3.63) is 93.9 Å². The summed E-state index contributed by atoms with van der Waals surface area (Å²) in [6.45, 7) is 16.2. The lowest BCUT2D eigenvalue weighted by molar-refractivity contribution is -0.126. The number of rotatable bonds is 6. The number of aromatic nitrogens is 4. The quantitative estimate of drug-likeness (QED) is 0.205. The predicted molar refractivity (Wildman–Crippen MR) is 166 cm³/mol. The molecule has 42 heavy (non-hydrogen) atoms. The fourth-order valence-electron chi connectivity index (χ4n) is 5.50. The molecule has 4 heterocycles. The number of hydrogen-bond donors (Lipinski definition) is 0. The summed E-state index contributed by atoms with van der Waals surface area (Å²) in [6.07, 6.45) is 4.18. The molecule has 8 nitrogen and oxygen atoms in total. The molecule has 10 heteroatoms. The molecule has 0 N–H and O–H groups in total. The van der Waals surface area contributed by atoms with Gasteiger partial charge in [-0.05, 0) is 37.5 Å². The molecule has 1 amide bonds. The van der Waals surface area contributed by atoms with E-state index in [2.05, 4.69) is 23.1 Å². The molecule has 0 saturated carbocycles. The molecule has 0 unspecified atom stereocenters. The lowest BCUT2D eigenvalue weighted by Crippen LogP contribution is -2.54. The Labute approximate surface area is 248 Å². The molecule has 0 spiro atoms. The van der Waals surface area contributed by atoms with Crippen LogP contribution in [0.5, 0.6) is 0 Å². The van der Waals surface area contributed by atoms with Crippen LogP contribution in [-0.2, 0) is 4.79 Å². The van der Waals surface area contributed by atoms with Gasteiger partial charge >= 0.3 is 5.69 Å². The van der Waals surface area contributed by atoms with Gasteiger partial charge in [0.15, 0.2) is 5.65 Å². The van der Waals surface area contributed by atoms with E-state index in [4.69, 9.17) is 16.6 Å². The van der Waals surface area contributed by atoms with Gasteiger partial charge in [-0.2, -0.15) is 4.98 Å². The topological polar surface area (TPSA) is 84.2 Å². The highest BCUT2D eigenvalue weighted by atomic mass is 35.5. The zero-order valence-corrected chi connectivity index (χ0v) is 24.8. The average molecular weight is 589 g/mol. The third kappa shape index (κ3) is 4.98. The Morgan fingerprint density at radius 1 is 1.21 bits per heavy atom. The smallest absolute Gasteiger partial charge is 0.350 e. The van der Waals surface area contributed by atoms with Crippen LogP contribution in [0.3, 0.4) is 0 Å². The minimum absolute atomic E-state index is 0.121. The molecule has 1 aromatic carbocycles. The summed E-state index contributed by atoms with van der Waals surface area (Å²) in [4.78, 5) is 43.9. The van der Waals surface area contributed by atoms with Gasteiger partial charge in [-0.15, -0.1) is 0 Å². The number of carbonyl (C=O) groups is 1. The Morgan fingerprint density at radius 2 is 1.95 bits per heavy atom. The Kier molecular flexibility index (Phi) is 7.97. The van der Waals surface area contributed by atoms with E-state index in [9.17, 15) is 9.59 Å². The van der Waals surface area contributed by atoms with Crippen LogP contribution in [0.1, 0.15) is 43.5 Å². The SMILES string of the molecule is C=CC(=[18O])N1CCN(c2nc(=O)n(-c3c(C(C)C)ncc(F)c3C)c3nc(-c4ccccc4C=C)c(Cl)cc23)[C@@H](C)C1. The molecule has 0 bridgehead atoms. The van der Waals surface area contributed by atoms with Crippen molar-refractivity contribution in [2.45, 2.75) is 39.7 Å². The first-order valence-electron chi connectivity index (χ1n) is 13.8. The van der Waals surface area contributed by atoms with Crippen molar-refractivity contribution < 1.29 is 9.18 Å². The number of carbonyl (C=O) groups excluding carboxylic acids is 1. The molecule has 216 valence electrons. The fraction of sp³-hybridized carbons (Fsp3) is 0.281. The largest absolute Gasteiger partial charge is 0.355 e. The van der Waals surface area contributed by atoms with Gasteiger partial charge < -0.3 is 9.80 Å². The minimum atomic E-state index is -0.621. The minimum Gasteiger partial charge on any atom is -0.350 e. The first kappa shape index (κ1) is 29.1. The zero-order chi connectivity index (χ0) is 30.3. The van der Waals surface area contributed by atoms with E-state index in [1.165, 1.54) is 16.8 Å². The van der Waals surface area contributed by atoms with Gasteiger partial charge in [0.25, 0.3) is 0 Å². The first-order chi connectivity index (χ1) is 20.1. The van der Waals surface area contributed by atoms with E-state index in [1.54, 1.807) is 24.0 Å². The van der Waals surface area contributed by atoms with Crippen LogP contribution < -0.4 is 10.6 Å². The highest BCUT2D eigenvalue weighted by Crippen LogP contribution is 2.37. The van der Waals surface area contributed by atoms with Crippen molar-refractivity contribution in [1.82, 2.24) is 24.4 Å². The van der Waals surface area contributed by atoms with Gasteiger partial charge in [0, 0.05) is 36.8 Å². The monoisotopic (exact) mass is 588 g/mol. The zero-order valence-electron chi connectivity index (χ0n) is 24.1. The predicted octanol–water partition coefficient (Wildman–Crippen LogP) is 5.93. The summed E-state index contributed by atoms with van der Waals surface area (Å²) in [7, 11) is 0. The maximum Gasteiger partial charge on any atom is 0.355 e. The molecule has 3 aromatic heterocycles. The van der Waals surface area contributed by atoms with Gasteiger partial charge in [-0.25, -0.2) is 18.7 Å². The van der Waals surface area contributed by atoms with Crippen LogP contribution in [0.25, 0.3) is 34.1 Å². The van der Waals surface area contributed by atoms with Crippen LogP contribution in [0.4, 0.5) is 10.2 Å². The van der Waals surface area contributed by atoms with E-state index < -0.39 is 11.5 Å². The van der Waals surface area contributed by atoms with Gasteiger partial charge in [-0.3, -0.25) is 9.78 Å². The Balaban J connectivity index is 1.85. The third-order valence-electron chi connectivity index (χ3n) is 7.67. The summed E-state index contributed by atoms with van der Waals surface area (Å²) < 4.78 is 16.3. The standard InChI is InChI=1S/C32H32ClFN6O2/c1-7-21-11-9-10-12-22(21)28-24(33)15-23-30(39-14-13-38(17-19(39)5)26(41)8-2)37-32(42)40(31(23)36-28)29-20(6)25(34)16-35-27(29)18(3)4/h7-12,15-16,18-19H,1-2,13-14,17H2,3-6H3/t19-/m0/s1/i41+2. The lowest BCUT2D eigenvalue weighted by Gasteiger charge is -2.40. The van der Waals surface area contributed by atoms with E-state index in [0.29, 0.717) is 52.9 Å². The van der Waals surface area contributed by atoms with E-state index in [-0.39, 0.29) is 29.1 Å². The number of amides is 1. The Hall–Kier alpha value is -4.37. The van der Waals surface area contributed by atoms with Crippen molar-refractivity contribution in [3.8, 4) is 16.9 Å². The van der Waals surface area contributed by atoms with Crippen LogP contribution >= 0.6 is 11.6 Å². The van der Waals surface area contributed by atoms with Gasteiger partial charge in [0.05, 0.1) is 33.7 Å². The number of fused-ring (bicyclic) bond motifs is 1. The van der Waals surface area contributed by atoms with Crippen LogP contribution in [-0.4, -0.2) is 56.0 Å². The number of benzene rings is 1. The van der Waals surface area contributed by atoms with Crippen molar-refractivity contribution in [2.24, 2.45) is 0 Å². The summed E-state index contributed by atoms with van der Waals surface area (Å²) in [5, 5.41) is 0.879. The maximum atomic E-state index is 15.0. The van der Waals surface area contributed by atoms with Gasteiger partial charge in [-0.1, -0.05) is 68.9 Å². The molecule has 1 aliphatic rings. The van der Waals surface area contributed by atoms with Crippen molar-refractivity contribution >= 4 is 40.4 Å². The van der Waals surface area contributed by atoms with E-state index >= 15 is 4.39 Å². The average Bonchev–Trinajstić information content (AvgIpc) is 2.98. The molecule has 1 fully saturated rings. The molecule has 4 aromatic rings. The lowest BCUT2D eigenvalue weighted by atomic mass is 10.0. The molecule has 1 aliphatic heterocycles. The highest BCUT2D eigenvalue weighted by Gasteiger charge is 2.30. The Morgan fingerprint density at radius 3 is 2.62 bits per heavy atom.